The molecule has 4 rings (SSSR count). The van der Waals surface area contributed by atoms with Crippen molar-refractivity contribution in [3.8, 4) is 5.88 Å². The Morgan fingerprint density at radius 3 is 2.81 bits per heavy atom. The van der Waals surface area contributed by atoms with Crippen LogP contribution in [0.3, 0.4) is 0 Å². The Kier molecular flexibility index (Phi) is 4.96. The van der Waals surface area contributed by atoms with Crippen LogP contribution in [0.5, 0.6) is 5.88 Å². The fourth-order valence-corrected chi connectivity index (χ4v) is 3.73. The van der Waals surface area contributed by atoms with Crippen LogP contribution in [-0.4, -0.2) is 55.6 Å². The van der Waals surface area contributed by atoms with Crippen LogP contribution < -0.4 is 10.5 Å². The Bertz CT molecular complexity index is 956. The second kappa shape index (κ2) is 7.40. The van der Waals surface area contributed by atoms with Gasteiger partial charge in [0.1, 0.15) is 11.9 Å². The lowest BCUT2D eigenvalue weighted by Crippen LogP contribution is -2.21. The second-order valence-electron chi connectivity index (χ2n) is 6.81. The highest BCUT2D eigenvalue weighted by molar-refractivity contribution is 9.10. The molecule has 0 radical (unpaired) electrons. The number of pyridine rings is 1. The summed E-state index contributed by atoms with van der Waals surface area (Å²) in [7, 11) is 2.10. The molecule has 0 amide bonds. The average Bonchev–Trinajstić information content (AvgIpc) is 3.20. The number of fused-ring (bicyclic) bond motifs is 1. The predicted molar refractivity (Wildman–Crippen MR) is 107 cm³/mol. The number of imidazole rings is 1. The number of ether oxygens (including phenoxy) is 1. The zero-order valence-corrected chi connectivity index (χ0v) is 17.0. The van der Waals surface area contributed by atoms with Gasteiger partial charge in [-0.3, -0.25) is 4.57 Å². The van der Waals surface area contributed by atoms with Crippen LogP contribution in [0, 0.1) is 0 Å². The highest BCUT2D eigenvalue weighted by Crippen LogP contribution is 2.24. The van der Waals surface area contributed by atoms with Gasteiger partial charge in [0.15, 0.2) is 21.7 Å². The molecule has 0 aromatic carbocycles. The SMILES string of the molecule is CCc1nc(N)c2nc(Br)n(Cc3ccc(OC4CCN(C)C4)nc3)c2n1. The van der Waals surface area contributed by atoms with E-state index in [1.807, 2.05) is 29.8 Å². The number of nitrogens with two attached hydrogens (primary N) is 1. The van der Waals surface area contributed by atoms with E-state index in [0.29, 0.717) is 40.7 Å². The minimum atomic E-state index is 0.215. The molecular formula is C18H22BrN7O. The molecule has 3 aromatic heterocycles. The molecule has 1 saturated heterocycles. The summed E-state index contributed by atoms with van der Waals surface area (Å²) >= 11 is 3.50. The first kappa shape index (κ1) is 18.1. The van der Waals surface area contributed by atoms with E-state index in [0.717, 1.165) is 30.7 Å². The zero-order valence-electron chi connectivity index (χ0n) is 15.4. The van der Waals surface area contributed by atoms with Crippen LogP contribution in [0.1, 0.15) is 24.7 Å². The van der Waals surface area contributed by atoms with Gasteiger partial charge in [0.05, 0.1) is 6.54 Å². The van der Waals surface area contributed by atoms with Crippen molar-refractivity contribution >= 4 is 32.9 Å². The van der Waals surface area contributed by atoms with Crippen LogP contribution in [0.4, 0.5) is 5.82 Å². The fourth-order valence-electron chi connectivity index (χ4n) is 3.26. The number of nitrogens with zero attached hydrogens (tertiary/aromatic N) is 6. The summed E-state index contributed by atoms with van der Waals surface area (Å²) in [5.41, 5.74) is 8.40. The van der Waals surface area contributed by atoms with Gasteiger partial charge in [-0.25, -0.2) is 19.9 Å². The van der Waals surface area contributed by atoms with E-state index < -0.39 is 0 Å². The van der Waals surface area contributed by atoms with Crippen LogP contribution in [0.15, 0.2) is 23.1 Å². The molecule has 1 aliphatic heterocycles. The van der Waals surface area contributed by atoms with E-state index >= 15 is 0 Å². The molecule has 4 heterocycles. The number of aromatic nitrogens is 5. The summed E-state index contributed by atoms with van der Waals surface area (Å²) in [6, 6.07) is 3.94. The average molecular weight is 432 g/mol. The Hall–Kier alpha value is -2.26. The van der Waals surface area contributed by atoms with Gasteiger partial charge >= 0.3 is 0 Å². The number of rotatable bonds is 5. The lowest BCUT2D eigenvalue weighted by Gasteiger charge is -2.13. The number of aryl methyl sites for hydroxylation is 1. The highest BCUT2D eigenvalue weighted by Gasteiger charge is 2.21. The summed E-state index contributed by atoms with van der Waals surface area (Å²) in [4.78, 5) is 20.1. The molecule has 1 atom stereocenters. The summed E-state index contributed by atoms with van der Waals surface area (Å²) in [5, 5.41) is 0. The van der Waals surface area contributed by atoms with E-state index in [1.165, 1.54) is 0 Å². The van der Waals surface area contributed by atoms with Gasteiger partial charge in [-0.1, -0.05) is 13.0 Å². The Balaban J connectivity index is 1.55. The lowest BCUT2D eigenvalue weighted by atomic mass is 10.3. The lowest BCUT2D eigenvalue weighted by molar-refractivity contribution is 0.200. The topological polar surface area (TPSA) is 95.0 Å². The molecule has 0 spiro atoms. The summed E-state index contributed by atoms with van der Waals surface area (Å²) in [6.07, 6.45) is 3.80. The Labute approximate surface area is 165 Å². The van der Waals surface area contributed by atoms with E-state index in [-0.39, 0.29) is 6.10 Å². The molecule has 0 aliphatic carbocycles. The van der Waals surface area contributed by atoms with Gasteiger partial charge in [0.25, 0.3) is 0 Å². The van der Waals surface area contributed by atoms with Crippen molar-refractivity contribution in [1.82, 2.24) is 29.4 Å². The summed E-state index contributed by atoms with van der Waals surface area (Å²) in [6.45, 7) is 4.59. The molecule has 1 aliphatic rings. The number of hydrogen-bond acceptors (Lipinski definition) is 7. The molecule has 8 nitrogen and oxygen atoms in total. The van der Waals surface area contributed by atoms with Crippen molar-refractivity contribution < 1.29 is 4.74 Å². The standard InChI is InChI=1S/C18H22BrN7O/c1-3-13-22-16(20)15-17(23-13)26(18(19)24-15)9-11-4-5-14(21-8-11)27-12-6-7-25(2)10-12/h4-5,8,12H,3,6-7,9-10H2,1-2H3,(H2,20,22,23). The fraction of sp³-hybridized carbons (Fsp3) is 0.444. The normalized spacial score (nSPS) is 17.7. The van der Waals surface area contributed by atoms with Gasteiger partial charge in [-0.2, -0.15) is 0 Å². The van der Waals surface area contributed by atoms with Crippen molar-refractivity contribution in [2.75, 3.05) is 25.9 Å². The van der Waals surface area contributed by atoms with Gasteiger partial charge < -0.3 is 15.4 Å². The summed E-state index contributed by atoms with van der Waals surface area (Å²) < 4.78 is 8.59. The van der Waals surface area contributed by atoms with Crippen molar-refractivity contribution in [2.45, 2.75) is 32.4 Å². The third kappa shape index (κ3) is 3.74. The number of hydrogen-bond donors (Lipinski definition) is 1. The maximum absolute atomic E-state index is 6.04. The molecule has 0 saturated carbocycles. The molecule has 1 fully saturated rings. The predicted octanol–water partition coefficient (Wildman–Crippen LogP) is 2.26. The largest absolute Gasteiger partial charge is 0.473 e. The van der Waals surface area contributed by atoms with E-state index in [1.54, 1.807) is 0 Å². The van der Waals surface area contributed by atoms with Crippen LogP contribution >= 0.6 is 15.9 Å². The Morgan fingerprint density at radius 1 is 1.30 bits per heavy atom. The maximum Gasteiger partial charge on any atom is 0.213 e. The first-order chi connectivity index (χ1) is 13.0. The third-order valence-electron chi connectivity index (χ3n) is 4.71. The van der Waals surface area contributed by atoms with Gasteiger partial charge in [-0.05, 0) is 35.0 Å². The third-order valence-corrected chi connectivity index (χ3v) is 5.32. The smallest absolute Gasteiger partial charge is 0.213 e. The minimum absolute atomic E-state index is 0.215. The van der Waals surface area contributed by atoms with E-state index in [2.05, 4.69) is 47.8 Å². The van der Waals surface area contributed by atoms with Crippen molar-refractivity contribution in [1.29, 1.82) is 0 Å². The first-order valence-electron chi connectivity index (χ1n) is 9.01. The number of nitrogen functional groups attached to an aromatic ring is 1. The minimum Gasteiger partial charge on any atom is -0.473 e. The monoisotopic (exact) mass is 431 g/mol. The van der Waals surface area contributed by atoms with Crippen LogP contribution in [0.25, 0.3) is 11.2 Å². The van der Waals surface area contributed by atoms with E-state index in [9.17, 15) is 0 Å². The number of halogens is 1. The van der Waals surface area contributed by atoms with E-state index in [4.69, 9.17) is 10.5 Å². The summed E-state index contributed by atoms with van der Waals surface area (Å²) in [5.74, 6) is 1.77. The number of likely N-dealkylation sites (N-methyl/N-ethyl adjacent to an activating group) is 1. The molecule has 27 heavy (non-hydrogen) atoms. The molecule has 3 aromatic rings. The van der Waals surface area contributed by atoms with Crippen molar-refractivity contribution in [2.24, 2.45) is 0 Å². The molecule has 2 N–H and O–H groups in total. The van der Waals surface area contributed by atoms with Crippen LogP contribution in [0.2, 0.25) is 0 Å². The zero-order chi connectivity index (χ0) is 19.0. The van der Waals surface area contributed by atoms with Crippen molar-refractivity contribution in [3.63, 3.8) is 0 Å². The molecule has 9 heteroatoms. The quantitative estimate of drug-likeness (QED) is 0.618. The number of anilines is 1. The molecular weight excluding hydrogens is 410 g/mol. The van der Waals surface area contributed by atoms with Crippen molar-refractivity contribution in [3.05, 3.63) is 34.5 Å². The second-order valence-corrected chi connectivity index (χ2v) is 7.52. The maximum atomic E-state index is 6.04. The molecule has 142 valence electrons. The van der Waals surface area contributed by atoms with Gasteiger partial charge in [-0.15, -0.1) is 0 Å². The molecule has 0 bridgehead atoms. The van der Waals surface area contributed by atoms with Gasteiger partial charge in [0.2, 0.25) is 5.88 Å². The molecule has 1 unspecified atom stereocenters. The highest BCUT2D eigenvalue weighted by atomic mass is 79.9. The number of likely N-dealkylation sites (tertiary alicyclic amines) is 1. The van der Waals surface area contributed by atoms with Gasteiger partial charge in [0, 0.05) is 31.8 Å². The Morgan fingerprint density at radius 2 is 2.15 bits per heavy atom. The van der Waals surface area contributed by atoms with Crippen LogP contribution in [-0.2, 0) is 13.0 Å². The first-order valence-corrected chi connectivity index (χ1v) is 9.81.